The number of thiocarbonyl (C=S) groups is 1. The van der Waals surface area contributed by atoms with E-state index < -0.39 is 12.0 Å². The lowest BCUT2D eigenvalue weighted by molar-refractivity contribution is -0.139. The number of thiol groups is 1. The summed E-state index contributed by atoms with van der Waals surface area (Å²) in [4.78, 5) is 22.3. The van der Waals surface area contributed by atoms with Gasteiger partial charge in [0.25, 0.3) is 0 Å². The van der Waals surface area contributed by atoms with Gasteiger partial charge in [-0.2, -0.15) is 11.8 Å². The topological polar surface area (TPSA) is 90.5 Å². The van der Waals surface area contributed by atoms with Crippen LogP contribution in [0.3, 0.4) is 0 Å². The highest BCUT2D eigenvalue weighted by Crippen LogP contribution is 2.33. The number of carboxylic acid groups (broad SMARTS) is 1. The molecule has 0 aromatic heterocycles. The molecule has 0 radical (unpaired) electrons. The summed E-state index contributed by atoms with van der Waals surface area (Å²) in [6.45, 7) is 0. The SMILES string of the molecule is O=C1N[C@H]2[C@H](CS[C@H]2CCCC(NC(=S)S)C(=O)O)N1. The lowest BCUT2D eigenvalue weighted by Crippen LogP contribution is -2.39. The summed E-state index contributed by atoms with van der Waals surface area (Å²) in [6, 6.07) is -0.431. The first kappa shape index (κ1) is 15.7. The summed E-state index contributed by atoms with van der Waals surface area (Å²) in [5.74, 6) is -0.00994. The van der Waals surface area contributed by atoms with Crippen molar-refractivity contribution >= 4 is 52.9 Å². The molecule has 0 aromatic carbocycles. The van der Waals surface area contributed by atoms with Crippen molar-refractivity contribution in [2.45, 2.75) is 42.6 Å². The molecule has 2 saturated heterocycles. The molecule has 0 aromatic rings. The van der Waals surface area contributed by atoms with Gasteiger partial charge in [-0.1, -0.05) is 12.2 Å². The molecule has 112 valence electrons. The lowest BCUT2D eigenvalue weighted by Gasteiger charge is -2.18. The van der Waals surface area contributed by atoms with E-state index in [0.717, 1.165) is 18.6 Å². The van der Waals surface area contributed by atoms with Gasteiger partial charge in [-0.15, -0.1) is 12.6 Å². The maximum Gasteiger partial charge on any atom is 0.326 e. The van der Waals surface area contributed by atoms with Crippen LogP contribution in [0.2, 0.25) is 0 Å². The highest BCUT2D eigenvalue weighted by atomic mass is 32.2. The van der Waals surface area contributed by atoms with Crippen molar-refractivity contribution in [3.63, 3.8) is 0 Å². The van der Waals surface area contributed by atoms with Gasteiger partial charge in [-0.3, -0.25) is 0 Å². The van der Waals surface area contributed by atoms with E-state index in [1.54, 1.807) is 0 Å². The number of hydrogen-bond donors (Lipinski definition) is 5. The van der Waals surface area contributed by atoms with Gasteiger partial charge in [0.05, 0.1) is 12.1 Å². The fourth-order valence-corrected chi connectivity index (χ4v) is 4.41. The number of aliphatic carboxylic acids is 1. The van der Waals surface area contributed by atoms with E-state index in [0.29, 0.717) is 11.7 Å². The standard InChI is InChI=1S/C11H17N3O3S3/c15-9(16)5(13-11(18)19)2-1-3-7-8-6(4-20-7)12-10(17)14-8/h5-8H,1-4H2,(H,15,16)(H2,12,14,17)(H2,13,18,19)/t5?,6-,7-,8-/m0/s1. The molecule has 2 fully saturated rings. The molecular weight excluding hydrogens is 318 g/mol. The van der Waals surface area contributed by atoms with Crippen LogP contribution in [0, 0.1) is 0 Å². The average Bonchev–Trinajstić information content (AvgIpc) is 2.87. The van der Waals surface area contributed by atoms with Gasteiger partial charge < -0.3 is 21.1 Å². The summed E-state index contributed by atoms with van der Waals surface area (Å²) in [6.07, 6.45) is 2.13. The van der Waals surface area contributed by atoms with E-state index in [-0.39, 0.29) is 22.4 Å². The molecule has 4 N–H and O–H groups in total. The lowest BCUT2D eigenvalue weighted by atomic mass is 10.0. The van der Waals surface area contributed by atoms with Crippen LogP contribution in [0.5, 0.6) is 0 Å². The first-order valence-electron chi connectivity index (χ1n) is 6.38. The van der Waals surface area contributed by atoms with Gasteiger partial charge in [-0.25, -0.2) is 9.59 Å². The molecule has 0 aliphatic carbocycles. The molecule has 2 rings (SSSR count). The highest BCUT2D eigenvalue weighted by molar-refractivity contribution is 8.11. The fourth-order valence-electron chi connectivity index (χ4n) is 2.57. The minimum absolute atomic E-state index is 0.101. The van der Waals surface area contributed by atoms with E-state index in [1.165, 1.54) is 0 Å². The van der Waals surface area contributed by atoms with Crippen LogP contribution >= 0.6 is 36.6 Å². The Balaban J connectivity index is 1.76. The third-order valence-electron chi connectivity index (χ3n) is 3.52. The van der Waals surface area contributed by atoms with Crippen molar-refractivity contribution in [3.05, 3.63) is 0 Å². The first-order valence-corrected chi connectivity index (χ1v) is 8.28. The average molecular weight is 335 g/mol. The minimum Gasteiger partial charge on any atom is -0.480 e. The zero-order valence-corrected chi connectivity index (χ0v) is 13.2. The number of rotatable bonds is 6. The van der Waals surface area contributed by atoms with Crippen LogP contribution in [0.15, 0.2) is 0 Å². The zero-order chi connectivity index (χ0) is 14.7. The molecule has 2 amide bonds. The number of fused-ring (bicyclic) bond motifs is 1. The molecule has 0 spiro atoms. The molecule has 2 aliphatic rings. The summed E-state index contributed by atoms with van der Waals surface area (Å²) in [5.41, 5.74) is 0. The fraction of sp³-hybridized carbons (Fsp3) is 0.727. The zero-order valence-electron chi connectivity index (χ0n) is 10.7. The minimum atomic E-state index is -0.922. The predicted molar refractivity (Wildman–Crippen MR) is 85.5 cm³/mol. The number of amides is 2. The van der Waals surface area contributed by atoms with Gasteiger partial charge in [0.1, 0.15) is 10.4 Å². The van der Waals surface area contributed by atoms with E-state index >= 15 is 0 Å². The maximum atomic E-state index is 11.3. The normalized spacial score (nSPS) is 29.2. The molecule has 4 atom stereocenters. The number of carbonyl (C=O) groups excluding carboxylic acids is 1. The molecule has 2 aliphatic heterocycles. The molecule has 0 saturated carbocycles. The Morgan fingerprint density at radius 3 is 3.00 bits per heavy atom. The van der Waals surface area contributed by atoms with Crippen molar-refractivity contribution < 1.29 is 14.7 Å². The van der Waals surface area contributed by atoms with Gasteiger partial charge in [-0.05, 0) is 19.3 Å². The Morgan fingerprint density at radius 1 is 1.60 bits per heavy atom. The van der Waals surface area contributed by atoms with Crippen LogP contribution in [-0.4, -0.2) is 50.6 Å². The predicted octanol–water partition coefficient (Wildman–Crippen LogP) is 0.580. The second kappa shape index (κ2) is 6.86. The first-order chi connectivity index (χ1) is 9.47. The summed E-state index contributed by atoms with van der Waals surface area (Å²) < 4.78 is 0.194. The smallest absolute Gasteiger partial charge is 0.326 e. The second-order valence-corrected chi connectivity index (χ2v) is 7.32. The number of carboxylic acids is 1. The van der Waals surface area contributed by atoms with Crippen molar-refractivity contribution in [3.8, 4) is 0 Å². The van der Waals surface area contributed by atoms with E-state index in [2.05, 4.69) is 28.6 Å². The van der Waals surface area contributed by atoms with Gasteiger partial charge in [0.2, 0.25) is 0 Å². The van der Waals surface area contributed by atoms with Gasteiger partial charge in [0.15, 0.2) is 0 Å². The Bertz CT molecular complexity index is 421. The van der Waals surface area contributed by atoms with Crippen molar-refractivity contribution in [1.29, 1.82) is 0 Å². The number of hydrogen-bond acceptors (Lipinski definition) is 4. The molecule has 2 heterocycles. The van der Waals surface area contributed by atoms with Crippen molar-refractivity contribution in [1.82, 2.24) is 16.0 Å². The van der Waals surface area contributed by atoms with Crippen molar-refractivity contribution in [2.75, 3.05) is 5.75 Å². The molecule has 20 heavy (non-hydrogen) atoms. The van der Waals surface area contributed by atoms with Crippen LogP contribution in [0.25, 0.3) is 0 Å². The molecule has 1 unspecified atom stereocenters. The quantitative estimate of drug-likeness (QED) is 0.277. The van der Waals surface area contributed by atoms with E-state index in [4.69, 9.17) is 17.3 Å². The van der Waals surface area contributed by atoms with Crippen LogP contribution in [-0.2, 0) is 4.79 Å². The van der Waals surface area contributed by atoms with E-state index in [9.17, 15) is 9.59 Å². The molecule has 9 heteroatoms. The Labute approximate surface area is 132 Å². The number of nitrogens with one attached hydrogen (secondary N) is 3. The Morgan fingerprint density at radius 2 is 2.35 bits per heavy atom. The Kier molecular flexibility index (Phi) is 5.39. The number of thioether (sulfide) groups is 1. The summed E-state index contributed by atoms with van der Waals surface area (Å²) in [7, 11) is 0. The van der Waals surface area contributed by atoms with Gasteiger partial charge in [0, 0.05) is 11.0 Å². The monoisotopic (exact) mass is 335 g/mol. The number of urea groups is 1. The van der Waals surface area contributed by atoms with Gasteiger partial charge >= 0.3 is 12.0 Å². The van der Waals surface area contributed by atoms with Crippen LogP contribution in [0.1, 0.15) is 19.3 Å². The van der Waals surface area contributed by atoms with E-state index in [1.807, 2.05) is 11.8 Å². The third kappa shape index (κ3) is 3.92. The summed E-state index contributed by atoms with van der Waals surface area (Å²) in [5, 5.41) is 17.9. The Hall–Kier alpha value is -0.670. The molecular formula is C11H17N3O3S3. The largest absolute Gasteiger partial charge is 0.480 e. The van der Waals surface area contributed by atoms with Crippen LogP contribution in [0.4, 0.5) is 4.79 Å². The maximum absolute atomic E-state index is 11.3. The molecule has 0 bridgehead atoms. The third-order valence-corrected chi connectivity index (χ3v) is 5.27. The molecule has 6 nitrogen and oxygen atoms in total. The van der Waals surface area contributed by atoms with Crippen molar-refractivity contribution in [2.24, 2.45) is 0 Å². The number of carbonyl (C=O) groups is 2. The van der Waals surface area contributed by atoms with Crippen LogP contribution < -0.4 is 16.0 Å². The highest BCUT2D eigenvalue weighted by Gasteiger charge is 2.42. The second-order valence-electron chi connectivity index (χ2n) is 4.89. The summed E-state index contributed by atoms with van der Waals surface area (Å²) >= 11 is 10.5.